The van der Waals surface area contributed by atoms with Crippen LogP contribution in [0.4, 0.5) is 0 Å². The lowest BCUT2D eigenvalue weighted by Gasteiger charge is -2.23. The maximum absolute atomic E-state index is 10.1. The van der Waals surface area contributed by atoms with Crippen LogP contribution in [0.5, 0.6) is 17.2 Å². The molecule has 2 aromatic rings. The third kappa shape index (κ3) is 3.58. The summed E-state index contributed by atoms with van der Waals surface area (Å²) in [5.74, 6) is 2.17. The summed E-state index contributed by atoms with van der Waals surface area (Å²) in [7, 11) is 3.08. The first-order valence-corrected chi connectivity index (χ1v) is 8.68. The number of rotatable bonds is 6. The molecule has 25 heavy (non-hydrogen) atoms. The Bertz CT molecular complexity index is 701. The fraction of sp³-hybridized carbons (Fsp3) is 0.526. The number of methoxy groups -OCH3 is 2. The number of hydrogen-bond donors (Lipinski definition) is 1. The maximum atomic E-state index is 10.1. The van der Waals surface area contributed by atoms with Crippen LogP contribution < -0.4 is 9.47 Å². The van der Waals surface area contributed by atoms with E-state index in [4.69, 9.17) is 14.0 Å². The standard InChI is InChI=1S/C19H26N2O4/c1-12(2)14-10-16(25-20-14)15-6-5-7-21(15)11-13-8-17(23-3)19(22)18(9-13)24-4/h8-10,12,15,22H,5-7,11H2,1-4H3/t15-/m0/s1. The summed E-state index contributed by atoms with van der Waals surface area (Å²) < 4.78 is 16.1. The highest BCUT2D eigenvalue weighted by Gasteiger charge is 2.30. The largest absolute Gasteiger partial charge is 0.502 e. The van der Waals surface area contributed by atoms with Gasteiger partial charge in [0.25, 0.3) is 0 Å². The van der Waals surface area contributed by atoms with Gasteiger partial charge in [0.1, 0.15) is 0 Å². The van der Waals surface area contributed by atoms with E-state index in [0.717, 1.165) is 42.9 Å². The van der Waals surface area contributed by atoms with Gasteiger partial charge in [-0.3, -0.25) is 4.90 Å². The van der Waals surface area contributed by atoms with Gasteiger partial charge in [0.05, 0.1) is 26.0 Å². The molecule has 1 aromatic heterocycles. The van der Waals surface area contributed by atoms with Gasteiger partial charge in [0.15, 0.2) is 17.3 Å². The molecule has 0 aliphatic carbocycles. The molecular formula is C19H26N2O4. The van der Waals surface area contributed by atoms with Crippen molar-refractivity contribution in [3.63, 3.8) is 0 Å². The van der Waals surface area contributed by atoms with E-state index in [1.807, 2.05) is 12.1 Å². The van der Waals surface area contributed by atoms with E-state index in [-0.39, 0.29) is 11.8 Å². The second-order valence-corrected chi connectivity index (χ2v) is 6.79. The number of hydrogen-bond acceptors (Lipinski definition) is 6. The molecule has 6 nitrogen and oxygen atoms in total. The smallest absolute Gasteiger partial charge is 0.200 e. The van der Waals surface area contributed by atoms with Crippen molar-refractivity contribution in [1.29, 1.82) is 0 Å². The molecule has 0 bridgehead atoms. The number of benzene rings is 1. The van der Waals surface area contributed by atoms with Gasteiger partial charge in [-0.25, -0.2) is 0 Å². The number of likely N-dealkylation sites (tertiary alicyclic amines) is 1. The summed E-state index contributed by atoms with van der Waals surface area (Å²) >= 11 is 0. The Morgan fingerprint density at radius 2 is 1.92 bits per heavy atom. The third-order valence-electron chi connectivity index (χ3n) is 4.76. The van der Waals surface area contributed by atoms with E-state index in [9.17, 15) is 5.11 Å². The van der Waals surface area contributed by atoms with Crippen LogP contribution >= 0.6 is 0 Å². The topological polar surface area (TPSA) is 68.0 Å². The van der Waals surface area contributed by atoms with Crippen LogP contribution in [0, 0.1) is 0 Å². The number of phenolic OH excluding ortho intramolecular Hbond substituents is 1. The van der Waals surface area contributed by atoms with E-state index in [2.05, 4.69) is 30.0 Å². The fourth-order valence-electron chi connectivity index (χ4n) is 3.34. The highest BCUT2D eigenvalue weighted by Crippen LogP contribution is 2.39. The van der Waals surface area contributed by atoms with Crippen LogP contribution in [-0.2, 0) is 6.54 Å². The zero-order valence-electron chi connectivity index (χ0n) is 15.3. The van der Waals surface area contributed by atoms with E-state index < -0.39 is 0 Å². The predicted molar refractivity (Wildman–Crippen MR) is 94.2 cm³/mol. The fourth-order valence-corrected chi connectivity index (χ4v) is 3.34. The van der Waals surface area contributed by atoms with Crippen LogP contribution in [-0.4, -0.2) is 35.9 Å². The minimum absolute atomic E-state index is 0.0310. The highest BCUT2D eigenvalue weighted by molar-refractivity contribution is 5.52. The van der Waals surface area contributed by atoms with Crippen LogP contribution in [0.25, 0.3) is 0 Å². The number of aromatic hydroxyl groups is 1. The van der Waals surface area contributed by atoms with Gasteiger partial charge in [-0.05, 0) is 43.0 Å². The van der Waals surface area contributed by atoms with Crippen molar-refractivity contribution in [1.82, 2.24) is 10.1 Å². The first kappa shape index (κ1) is 17.6. The molecule has 0 spiro atoms. The normalized spacial score (nSPS) is 18.0. The zero-order chi connectivity index (χ0) is 18.0. The molecule has 1 atom stereocenters. The van der Waals surface area contributed by atoms with Gasteiger partial charge in [0.2, 0.25) is 5.75 Å². The van der Waals surface area contributed by atoms with Crippen LogP contribution in [0.15, 0.2) is 22.7 Å². The molecule has 0 radical (unpaired) electrons. The van der Waals surface area contributed by atoms with Gasteiger partial charge in [0, 0.05) is 12.6 Å². The molecular weight excluding hydrogens is 320 g/mol. The van der Waals surface area contributed by atoms with Gasteiger partial charge < -0.3 is 19.1 Å². The molecule has 1 saturated heterocycles. The second-order valence-electron chi connectivity index (χ2n) is 6.79. The van der Waals surface area contributed by atoms with Gasteiger partial charge in [-0.15, -0.1) is 0 Å². The summed E-state index contributed by atoms with van der Waals surface area (Å²) in [5, 5.41) is 14.3. The molecule has 0 saturated carbocycles. The predicted octanol–water partition coefficient (Wildman–Crippen LogP) is 3.86. The quantitative estimate of drug-likeness (QED) is 0.857. The maximum Gasteiger partial charge on any atom is 0.200 e. The lowest BCUT2D eigenvalue weighted by molar-refractivity contribution is 0.205. The Kier molecular flexibility index (Phi) is 5.18. The number of aromatic nitrogens is 1. The van der Waals surface area contributed by atoms with Crippen LogP contribution in [0.3, 0.4) is 0 Å². The Morgan fingerprint density at radius 3 is 2.48 bits per heavy atom. The van der Waals surface area contributed by atoms with Crippen molar-refractivity contribution < 1.29 is 19.1 Å². The summed E-state index contributed by atoms with van der Waals surface area (Å²) in [6.45, 7) is 5.95. The summed E-state index contributed by atoms with van der Waals surface area (Å²) in [6, 6.07) is 6.01. The van der Waals surface area contributed by atoms with E-state index in [1.165, 1.54) is 0 Å². The Morgan fingerprint density at radius 1 is 1.24 bits per heavy atom. The summed E-state index contributed by atoms with van der Waals surface area (Å²) in [5.41, 5.74) is 2.02. The SMILES string of the molecule is COc1cc(CN2CCC[C@H]2c2cc(C(C)C)no2)cc(OC)c1O. The van der Waals surface area contributed by atoms with Crippen molar-refractivity contribution in [3.05, 3.63) is 35.2 Å². The van der Waals surface area contributed by atoms with Gasteiger partial charge in [-0.1, -0.05) is 19.0 Å². The zero-order valence-corrected chi connectivity index (χ0v) is 15.3. The van der Waals surface area contributed by atoms with Crippen LogP contribution in [0.1, 0.15) is 55.7 Å². The van der Waals surface area contributed by atoms with Crippen LogP contribution in [0.2, 0.25) is 0 Å². The average molecular weight is 346 g/mol. The second kappa shape index (κ2) is 7.35. The summed E-state index contributed by atoms with van der Waals surface area (Å²) in [6.07, 6.45) is 2.17. The van der Waals surface area contributed by atoms with Crippen molar-refractivity contribution in [3.8, 4) is 17.2 Å². The number of ether oxygens (including phenoxy) is 2. The number of phenols is 1. The van der Waals surface area contributed by atoms with Crippen molar-refractivity contribution in [2.45, 2.75) is 45.2 Å². The van der Waals surface area contributed by atoms with E-state index >= 15 is 0 Å². The molecule has 6 heteroatoms. The van der Waals surface area contributed by atoms with E-state index in [0.29, 0.717) is 17.4 Å². The minimum Gasteiger partial charge on any atom is -0.502 e. The highest BCUT2D eigenvalue weighted by atomic mass is 16.5. The third-order valence-corrected chi connectivity index (χ3v) is 4.76. The molecule has 1 aromatic carbocycles. The van der Waals surface area contributed by atoms with Crippen molar-refractivity contribution in [2.24, 2.45) is 0 Å². The lowest BCUT2D eigenvalue weighted by Crippen LogP contribution is -2.22. The summed E-state index contributed by atoms with van der Waals surface area (Å²) in [4.78, 5) is 2.37. The minimum atomic E-state index is 0.0310. The molecule has 0 unspecified atom stereocenters. The van der Waals surface area contributed by atoms with Crippen molar-refractivity contribution >= 4 is 0 Å². The number of nitrogens with zero attached hydrogens (tertiary/aromatic N) is 2. The molecule has 1 N–H and O–H groups in total. The lowest BCUT2D eigenvalue weighted by atomic mass is 10.1. The molecule has 2 heterocycles. The van der Waals surface area contributed by atoms with E-state index in [1.54, 1.807) is 14.2 Å². The Labute approximate surface area is 148 Å². The first-order valence-electron chi connectivity index (χ1n) is 8.68. The average Bonchev–Trinajstić information content (AvgIpc) is 3.25. The first-order chi connectivity index (χ1) is 12.0. The van der Waals surface area contributed by atoms with Gasteiger partial charge >= 0.3 is 0 Å². The Hall–Kier alpha value is -2.21. The van der Waals surface area contributed by atoms with Gasteiger partial charge in [-0.2, -0.15) is 0 Å². The van der Waals surface area contributed by atoms with Crippen molar-refractivity contribution in [2.75, 3.05) is 20.8 Å². The Balaban J connectivity index is 1.81. The molecule has 1 fully saturated rings. The molecule has 0 amide bonds. The monoisotopic (exact) mass is 346 g/mol. The molecule has 3 rings (SSSR count). The molecule has 136 valence electrons. The molecule has 1 aliphatic heterocycles. The molecule has 1 aliphatic rings.